The van der Waals surface area contributed by atoms with Gasteiger partial charge in [0.1, 0.15) is 5.82 Å². The number of carbonyl (C=O) groups is 1. The smallest absolute Gasteiger partial charge is 0.323 e. The Morgan fingerprint density at radius 2 is 1.78 bits per heavy atom. The number of benzene rings is 2. The maximum atomic E-state index is 13.4. The number of hydrogen-bond acceptors (Lipinski definition) is 4. The molecule has 0 bridgehead atoms. The summed E-state index contributed by atoms with van der Waals surface area (Å²) in [4.78, 5) is 17.1. The summed E-state index contributed by atoms with van der Waals surface area (Å²) in [5.74, 6) is 0.633. The number of fused-ring (bicyclic) bond motifs is 1. The number of urea groups is 1. The maximum Gasteiger partial charge on any atom is 0.323 e. The zero-order valence-electron chi connectivity index (χ0n) is 17.8. The van der Waals surface area contributed by atoms with Crippen LogP contribution in [0, 0.1) is 12.7 Å². The van der Waals surface area contributed by atoms with Gasteiger partial charge in [-0.1, -0.05) is 12.1 Å². The summed E-state index contributed by atoms with van der Waals surface area (Å²) in [6.45, 7) is 1.65. The highest BCUT2D eigenvalue weighted by atomic mass is 19.1. The monoisotopic (exact) mass is 430 g/mol. The van der Waals surface area contributed by atoms with E-state index in [1.807, 2.05) is 31.3 Å². The number of aryl methyl sites for hydroxylation is 2. The number of nitrogen functional groups attached to an aromatic ring is 1. The van der Waals surface area contributed by atoms with Crippen molar-refractivity contribution in [1.82, 2.24) is 14.8 Å². The zero-order valence-corrected chi connectivity index (χ0v) is 17.8. The van der Waals surface area contributed by atoms with E-state index in [9.17, 15) is 9.18 Å². The highest BCUT2D eigenvalue weighted by molar-refractivity contribution is 6.02. The van der Waals surface area contributed by atoms with Crippen LogP contribution in [0.3, 0.4) is 0 Å². The Hall–Kier alpha value is -3.94. The Kier molecular flexibility index (Phi) is 4.77. The van der Waals surface area contributed by atoms with Crippen LogP contribution in [0.5, 0.6) is 0 Å². The van der Waals surface area contributed by atoms with Gasteiger partial charge >= 0.3 is 6.03 Å². The fourth-order valence-electron chi connectivity index (χ4n) is 3.86. The molecule has 0 atom stereocenters. The molecule has 1 fully saturated rings. The second-order valence-corrected chi connectivity index (χ2v) is 8.20. The molecule has 0 saturated heterocycles. The van der Waals surface area contributed by atoms with E-state index in [2.05, 4.69) is 21.8 Å². The van der Waals surface area contributed by atoms with Crippen LogP contribution in [-0.4, -0.2) is 20.8 Å². The van der Waals surface area contributed by atoms with E-state index in [0.29, 0.717) is 28.7 Å². The summed E-state index contributed by atoms with van der Waals surface area (Å²) in [5, 5.41) is 10.7. The van der Waals surface area contributed by atoms with E-state index < -0.39 is 6.03 Å². The van der Waals surface area contributed by atoms with Gasteiger partial charge in [-0.05, 0) is 72.9 Å². The average molecular weight is 430 g/mol. The molecule has 7 nitrogen and oxygen atoms in total. The molecule has 0 aliphatic heterocycles. The van der Waals surface area contributed by atoms with Crippen LogP contribution >= 0.6 is 0 Å². The lowest BCUT2D eigenvalue weighted by atomic mass is 10.0. The predicted octanol–water partition coefficient (Wildman–Crippen LogP) is 5.19. The Morgan fingerprint density at radius 1 is 1.09 bits per heavy atom. The second kappa shape index (κ2) is 7.64. The van der Waals surface area contributed by atoms with Crippen molar-refractivity contribution >= 4 is 34.3 Å². The maximum absolute atomic E-state index is 13.4. The first-order chi connectivity index (χ1) is 15.4. The molecule has 5 rings (SSSR count). The number of anilines is 3. The summed E-state index contributed by atoms with van der Waals surface area (Å²) >= 11 is 0. The molecule has 4 aromatic rings. The van der Waals surface area contributed by atoms with Crippen LogP contribution < -0.4 is 16.4 Å². The van der Waals surface area contributed by atoms with Crippen LogP contribution in [0.2, 0.25) is 0 Å². The molecule has 2 aromatic carbocycles. The van der Waals surface area contributed by atoms with Gasteiger partial charge in [0.2, 0.25) is 0 Å². The van der Waals surface area contributed by atoms with E-state index in [1.54, 1.807) is 17.7 Å². The van der Waals surface area contributed by atoms with Crippen molar-refractivity contribution in [2.75, 3.05) is 16.4 Å². The van der Waals surface area contributed by atoms with Gasteiger partial charge < -0.3 is 16.4 Å². The van der Waals surface area contributed by atoms with Crippen molar-refractivity contribution in [3.63, 3.8) is 0 Å². The normalized spacial score (nSPS) is 13.3. The Balaban J connectivity index is 1.39. The minimum absolute atomic E-state index is 0.309. The number of nitrogens with zero attached hydrogens (tertiary/aromatic N) is 3. The molecule has 1 aliphatic carbocycles. The van der Waals surface area contributed by atoms with Gasteiger partial charge in [0.15, 0.2) is 11.5 Å². The molecule has 32 heavy (non-hydrogen) atoms. The van der Waals surface area contributed by atoms with E-state index >= 15 is 0 Å². The number of nitrogens with two attached hydrogens (primary N) is 1. The van der Waals surface area contributed by atoms with Crippen LogP contribution in [-0.2, 0) is 7.05 Å². The molecule has 4 N–H and O–H groups in total. The van der Waals surface area contributed by atoms with E-state index in [1.165, 1.54) is 12.1 Å². The highest BCUT2D eigenvalue weighted by Crippen LogP contribution is 2.42. The average Bonchev–Trinajstić information content (AvgIpc) is 3.57. The first-order valence-electron chi connectivity index (χ1n) is 10.5. The van der Waals surface area contributed by atoms with E-state index in [0.717, 1.165) is 40.7 Å². The van der Waals surface area contributed by atoms with Crippen LogP contribution in [0.4, 0.5) is 26.4 Å². The Labute approximate surface area is 184 Å². The molecule has 0 unspecified atom stereocenters. The minimum Gasteiger partial charge on any atom is -0.382 e. The number of amides is 2. The molecule has 1 aliphatic rings. The van der Waals surface area contributed by atoms with Crippen LogP contribution in [0.1, 0.15) is 30.0 Å². The molecule has 2 amide bonds. The van der Waals surface area contributed by atoms with Crippen molar-refractivity contribution in [2.24, 2.45) is 7.05 Å². The summed E-state index contributed by atoms with van der Waals surface area (Å²) in [6, 6.07) is 13.7. The van der Waals surface area contributed by atoms with Gasteiger partial charge in [-0.15, -0.1) is 0 Å². The summed E-state index contributed by atoms with van der Waals surface area (Å²) < 4.78 is 15.1. The van der Waals surface area contributed by atoms with Gasteiger partial charge in [-0.25, -0.2) is 18.9 Å². The van der Waals surface area contributed by atoms with Crippen molar-refractivity contribution in [1.29, 1.82) is 0 Å². The van der Waals surface area contributed by atoms with Gasteiger partial charge in [-0.2, -0.15) is 5.10 Å². The lowest BCUT2D eigenvalue weighted by molar-refractivity contribution is 0.262. The number of pyridine rings is 1. The van der Waals surface area contributed by atoms with Gasteiger partial charge in [0.25, 0.3) is 0 Å². The molecule has 1 saturated carbocycles. The highest BCUT2D eigenvalue weighted by Gasteiger charge is 2.27. The third-order valence-corrected chi connectivity index (χ3v) is 5.71. The lowest BCUT2D eigenvalue weighted by Gasteiger charge is -2.11. The fourth-order valence-corrected chi connectivity index (χ4v) is 3.86. The minimum atomic E-state index is -0.400. The third-order valence-electron chi connectivity index (χ3n) is 5.71. The molecule has 2 heterocycles. The first kappa shape index (κ1) is 20.0. The van der Waals surface area contributed by atoms with Gasteiger partial charge in [-0.3, -0.25) is 0 Å². The molecule has 2 aromatic heterocycles. The number of hydrogen-bond donors (Lipinski definition) is 3. The van der Waals surface area contributed by atoms with Crippen LogP contribution in [0.25, 0.3) is 22.2 Å². The number of nitrogens with one attached hydrogen (secondary N) is 2. The summed E-state index contributed by atoms with van der Waals surface area (Å²) in [5.41, 5.74) is 11.6. The van der Waals surface area contributed by atoms with Crippen LogP contribution in [0.15, 0.2) is 48.5 Å². The summed E-state index contributed by atoms with van der Waals surface area (Å²) in [6.07, 6.45) is 2.30. The van der Waals surface area contributed by atoms with Gasteiger partial charge in [0, 0.05) is 30.0 Å². The SMILES string of the molecule is Cc1cc(NC(=O)Nc2ccc(-c3cc(C4CC4)nc4c3c(N)nn4C)cc2)ccc1F. The van der Waals surface area contributed by atoms with Crippen molar-refractivity contribution < 1.29 is 9.18 Å². The molecule has 0 radical (unpaired) electrons. The molecule has 8 heteroatoms. The largest absolute Gasteiger partial charge is 0.382 e. The Bertz CT molecular complexity index is 1340. The molecule has 162 valence electrons. The fraction of sp³-hybridized carbons (Fsp3) is 0.208. The summed E-state index contributed by atoms with van der Waals surface area (Å²) in [7, 11) is 1.85. The quantitative estimate of drug-likeness (QED) is 0.415. The molecular formula is C24H23FN6O. The van der Waals surface area contributed by atoms with E-state index in [-0.39, 0.29) is 5.82 Å². The standard InChI is InChI=1S/C24H23FN6O/c1-13-11-17(9-10-19(13)25)28-24(32)27-16-7-5-14(6-8-16)18-12-20(15-3-4-15)29-23-21(18)22(26)30-31(23)2/h5-12,15H,3-4H2,1-2H3,(H2,26,30)(H2,27,28,32). The zero-order chi connectivity index (χ0) is 22.4. The van der Waals surface area contributed by atoms with E-state index in [4.69, 9.17) is 10.7 Å². The van der Waals surface area contributed by atoms with Gasteiger partial charge in [0.05, 0.1) is 5.39 Å². The topological polar surface area (TPSA) is 97.9 Å². The first-order valence-corrected chi connectivity index (χ1v) is 10.5. The number of halogens is 1. The predicted molar refractivity (Wildman–Crippen MR) is 124 cm³/mol. The van der Waals surface area contributed by atoms with Crippen molar-refractivity contribution in [3.8, 4) is 11.1 Å². The number of carbonyl (C=O) groups excluding carboxylic acids is 1. The number of aromatic nitrogens is 3. The number of rotatable bonds is 4. The van der Waals surface area contributed by atoms with Crippen molar-refractivity contribution in [2.45, 2.75) is 25.7 Å². The Morgan fingerprint density at radius 3 is 2.47 bits per heavy atom. The van der Waals surface area contributed by atoms with Crippen molar-refractivity contribution in [3.05, 3.63) is 65.6 Å². The molecular weight excluding hydrogens is 407 g/mol. The third kappa shape index (κ3) is 3.75. The molecule has 0 spiro atoms. The second-order valence-electron chi connectivity index (χ2n) is 8.20. The lowest BCUT2D eigenvalue weighted by Crippen LogP contribution is -2.19.